The van der Waals surface area contributed by atoms with Crippen LogP contribution in [-0.2, 0) is 21.2 Å². The van der Waals surface area contributed by atoms with Gasteiger partial charge in [-0.25, -0.2) is 8.42 Å². The second-order valence-electron chi connectivity index (χ2n) is 6.10. The van der Waals surface area contributed by atoms with Crippen molar-refractivity contribution in [2.75, 3.05) is 11.5 Å². The number of carbonyl (C=O) groups excluding carboxylic acids is 1. The maximum absolute atomic E-state index is 12.3. The van der Waals surface area contributed by atoms with Crippen molar-refractivity contribution in [3.63, 3.8) is 0 Å². The van der Waals surface area contributed by atoms with Crippen LogP contribution >= 0.6 is 15.9 Å². The molecule has 1 aromatic carbocycles. The molecule has 1 amide bonds. The largest absolute Gasteiger partial charge is 0.348 e. The second-order valence-corrected chi connectivity index (χ2v) is 9.20. The van der Waals surface area contributed by atoms with Crippen molar-refractivity contribution in [2.24, 2.45) is 0 Å². The lowest BCUT2D eigenvalue weighted by atomic mass is 10.0. The lowest BCUT2D eigenvalue weighted by Gasteiger charge is -2.24. The molecule has 1 fully saturated rings. The molecule has 1 aliphatic heterocycles. The predicted molar refractivity (Wildman–Crippen MR) is 89.5 cm³/mol. The third-order valence-electron chi connectivity index (χ3n) is 3.99. The van der Waals surface area contributed by atoms with Crippen LogP contribution in [0.3, 0.4) is 0 Å². The summed E-state index contributed by atoms with van der Waals surface area (Å²) in [6.07, 6.45) is 2.34. The van der Waals surface area contributed by atoms with Gasteiger partial charge in [-0.2, -0.15) is 0 Å². The van der Waals surface area contributed by atoms with E-state index < -0.39 is 15.4 Å². The molecule has 0 radical (unpaired) electrons. The molecule has 2 heterocycles. The van der Waals surface area contributed by atoms with E-state index in [9.17, 15) is 13.2 Å². The summed E-state index contributed by atoms with van der Waals surface area (Å²) in [5, 5.41) is 3.93. The van der Waals surface area contributed by atoms with Crippen molar-refractivity contribution in [2.45, 2.75) is 25.4 Å². The molecule has 5 nitrogen and oxygen atoms in total. The Hall–Kier alpha value is -1.34. The number of carbonyl (C=O) groups is 1. The molecule has 22 heavy (non-hydrogen) atoms. The summed E-state index contributed by atoms with van der Waals surface area (Å²) >= 11 is 3.42. The SMILES string of the molecule is C[C@]1(NC(=O)Cn2ccc3cc(Br)ccc32)CCS(=O)(=O)C1. The van der Waals surface area contributed by atoms with E-state index in [0.717, 1.165) is 15.4 Å². The van der Waals surface area contributed by atoms with Crippen LogP contribution in [0.1, 0.15) is 13.3 Å². The zero-order chi connectivity index (χ0) is 16.0. The molecule has 3 rings (SSSR count). The molecule has 7 heteroatoms. The van der Waals surface area contributed by atoms with E-state index in [1.165, 1.54) is 0 Å². The number of hydrogen-bond donors (Lipinski definition) is 1. The van der Waals surface area contributed by atoms with Crippen LogP contribution in [0, 0.1) is 0 Å². The number of nitrogens with zero attached hydrogens (tertiary/aromatic N) is 1. The Labute approximate surface area is 137 Å². The van der Waals surface area contributed by atoms with Gasteiger partial charge in [0, 0.05) is 21.6 Å². The van der Waals surface area contributed by atoms with Crippen LogP contribution in [0.2, 0.25) is 0 Å². The average Bonchev–Trinajstić information content (AvgIpc) is 2.90. The van der Waals surface area contributed by atoms with Crippen LogP contribution in [0.15, 0.2) is 34.9 Å². The highest BCUT2D eigenvalue weighted by Crippen LogP contribution is 2.23. The summed E-state index contributed by atoms with van der Waals surface area (Å²) in [4.78, 5) is 12.3. The Morgan fingerprint density at radius 2 is 2.18 bits per heavy atom. The van der Waals surface area contributed by atoms with Crippen LogP contribution in [0.5, 0.6) is 0 Å². The number of sulfone groups is 1. The standard InChI is InChI=1S/C15H17BrN2O3S/c1-15(5-7-22(20,21)10-15)17-14(19)9-18-6-4-11-8-12(16)2-3-13(11)18/h2-4,6,8H,5,7,9-10H2,1H3,(H,17,19)/t15-/m0/s1. The number of nitrogens with one attached hydrogen (secondary N) is 1. The normalized spacial score (nSPS) is 23.7. The predicted octanol–water partition coefficient (Wildman–Crippen LogP) is 2.10. The van der Waals surface area contributed by atoms with E-state index in [1.54, 1.807) is 6.92 Å². The van der Waals surface area contributed by atoms with Gasteiger partial charge in [0.1, 0.15) is 6.54 Å². The fourth-order valence-corrected chi connectivity index (χ4v) is 5.42. The highest BCUT2D eigenvalue weighted by atomic mass is 79.9. The molecule has 0 spiro atoms. The molecule has 1 saturated heterocycles. The summed E-state index contributed by atoms with van der Waals surface area (Å²) in [6, 6.07) is 7.83. The van der Waals surface area contributed by atoms with Gasteiger partial charge in [-0.3, -0.25) is 4.79 Å². The highest BCUT2D eigenvalue weighted by Gasteiger charge is 2.39. The van der Waals surface area contributed by atoms with E-state index in [2.05, 4.69) is 21.2 Å². The number of fused-ring (bicyclic) bond motifs is 1. The van der Waals surface area contributed by atoms with Crippen molar-refractivity contribution >= 4 is 42.6 Å². The first-order valence-corrected chi connectivity index (χ1v) is 9.64. The fraction of sp³-hybridized carbons (Fsp3) is 0.400. The molecule has 0 unspecified atom stereocenters. The molecule has 1 aromatic heterocycles. The van der Waals surface area contributed by atoms with Crippen LogP contribution in [0.25, 0.3) is 10.9 Å². The summed E-state index contributed by atoms with van der Waals surface area (Å²) in [5.41, 5.74) is 0.324. The van der Waals surface area contributed by atoms with Gasteiger partial charge in [-0.15, -0.1) is 0 Å². The lowest BCUT2D eigenvalue weighted by Crippen LogP contribution is -2.48. The summed E-state index contributed by atoms with van der Waals surface area (Å²) in [7, 11) is -3.03. The molecule has 2 aromatic rings. The molecule has 0 bridgehead atoms. The zero-order valence-corrected chi connectivity index (χ0v) is 14.6. The van der Waals surface area contributed by atoms with Gasteiger partial charge in [0.15, 0.2) is 9.84 Å². The maximum Gasteiger partial charge on any atom is 0.240 e. The van der Waals surface area contributed by atoms with E-state index in [0.29, 0.717) is 6.42 Å². The number of amides is 1. The van der Waals surface area contributed by atoms with E-state index in [1.807, 2.05) is 35.0 Å². The molecule has 118 valence electrons. The van der Waals surface area contributed by atoms with Crippen molar-refractivity contribution < 1.29 is 13.2 Å². The minimum Gasteiger partial charge on any atom is -0.348 e. The molecule has 0 aliphatic carbocycles. The number of aromatic nitrogens is 1. The average molecular weight is 385 g/mol. The van der Waals surface area contributed by atoms with E-state index in [4.69, 9.17) is 0 Å². The van der Waals surface area contributed by atoms with Crippen molar-refractivity contribution in [3.05, 3.63) is 34.9 Å². The van der Waals surface area contributed by atoms with Gasteiger partial charge in [0.2, 0.25) is 5.91 Å². The third-order valence-corrected chi connectivity index (χ3v) is 6.39. The number of halogens is 1. The third kappa shape index (κ3) is 3.20. The van der Waals surface area contributed by atoms with Gasteiger partial charge in [0.25, 0.3) is 0 Å². The maximum atomic E-state index is 12.3. The Kier molecular flexibility index (Phi) is 3.81. The molecular weight excluding hydrogens is 368 g/mol. The van der Waals surface area contributed by atoms with Gasteiger partial charge >= 0.3 is 0 Å². The molecule has 1 N–H and O–H groups in total. The summed E-state index contributed by atoms with van der Waals surface area (Å²) < 4.78 is 26.0. The van der Waals surface area contributed by atoms with Gasteiger partial charge < -0.3 is 9.88 Å². The lowest BCUT2D eigenvalue weighted by molar-refractivity contribution is -0.123. The monoisotopic (exact) mass is 384 g/mol. The quantitative estimate of drug-likeness (QED) is 0.880. The van der Waals surface area contributed by atoms with Crippen molar-refractivity contribution in [1.29, 1.82) is 0 Å². The minimum absolute atomic E-state index is 0.0190. The Balaban J connectivity index is 1.74. The zero-order valence-electron chi connectivity index (χ0n) is 12.2. The first kappa shape index (κ1) is 15.6. The fourth-order valence-electron chi connectivity index (χ4n) is 2.95. The molecule has 0 saturated carbocycles. The van der Waals surface area contributed by atoms with Crippen molar-refractivity contribution in [1.82, 2.24) is 9.88 Å². The summed E-state index contributed by atoms with van der Waals surface area (Å²) in [5.74, 6) is -0.00458. The Bertz CT molecular complexity index is 844. The van der Waals surface area contributed by atoms with Crippen molar-refractivity contribution in [3.8, 4) is 0 Å². The second kappa shape index (κ2) is 5.38. The molecule has 1 atom stereocenters. The van der Waals surface area contributed by atoms with Gasteiger partial charge in [-0.05, 0) is 37.6 Å². The number of rotatable bonds is 3. The first-order valence-electron chi connectivity index (χ1n) is 7.02. The smallest absolute Gasteiger partial charge is 0.240 e. The summed E-state index contributed by atoms with van der Waals surface area (Å²) in [6.45, 7) is 1.97. The first-order chi connectivity index (χ1) is 10.3. The number of hydrogen-bond acceptors (Lipinski definition) is 3. The Morgan fingerprint density at radius 3 is 2.86 bits per heavy atom. The highest BCUT2D eigenvalue weighted by molar-refractivity contribution is 9.10. The van der Waals surface area contributed by atoms with Gasteiger partial charge in [0.05, 0.1) is 17.0 Å². The van der Waals surface area contributed by atoms with Crippen LogP contribution in [-0.4, -0.2) is 35.9 Å². The van der Waals surface area contributed by atoms with Crippen LogP contribution < -0.4 is 5.32 Å². The van der Waals surface area contributed by atoms with Crippen LogP contribution in [0.4, 0.5) is 0 Å². The number of benzene rings is 1. The topological polar surface area (TPSA) is 68.2 Å². The van der Waals surface area contributed by atoms with Gasteiger partial charge in [-0.1, -0.05) is 15.9 Å². The minimum atomic E-state index is -3.03. The van der Waals surface area contributed by atoms with E-state index >= 15 is 0 Å². The Morgan fingerprint density at radius 1 is 1.41 bits per heavy atom. The van der Waals surface area contributed by atoms with E-state index in [-0.39, 0.29) is 24.0 Å². The molecular formula is C15H17BrN2O3S. The molecule has 1 aliphatic rings.